The highest BCUT2D eigenvalue weighted by atomic mass is 15.2. The zero-order valence-corrected chi connectivity index (χ0v) is 20.3. The standard InChI is InChI=1S/C24H50N4/c1-21(2)15-19(16-22(3,4)26-21)28(14-12-10-9-11-13-25)20-17-23(5,6)27-24(7,8)18-20/h19-20,26-27H,9-18,25H2,1-8H3. The summed E-state index contributed by atoms with van der Waals surface area (Å²) in [5, 5.41) is 7.77. The number of nitrogens with two attached hydrogens (primary N) is 1. The fourth-order valence-electron chi connectivity index (χ4n) is 6.46. The molecule has 0 spiro atoms. The van der Waals surface area contributed by atoms with Gasteiger partial charge in [0.1, 0.15) is 0 Å². The van der Waals surface area contributed by atoms with Gasteiger partial charge in [0.2, 0.25) is 0 Å². The van der Waals surface area contributed by atoms with Gasteiger partial charge < -0.3 is 16.4 Å². The van der Waals surface area contributed by atoms with E-state index in [1.165, 1.54) is 57.9 Å². The van der Waals surface area contributed by atoms with Crippen molar-refractivity contribution in [2.24, 2.45) is 5.73 Å². The van der Waals surface area contributed by atoms with E-state index in [1.807, 2.05) is 0 Å². The second-order valence-electron chi connectivity index (χ2n) is 12.4. The Labute approximate surface area is 175 Å². The quantitative estimate of drug-likeness (QED) is 0.533. The summed E-state index contributed by atoms with van der Waals surface area (Å²) in [5.41, 5.74) is 6.49. The molecule has 2 aliphatic rings. The van der Waals surface area contributed by atoms with Crippen molar-refractivity contribution in [2.75, 3.05) is 13.1 Å². The Balaban J connectivity index is 2.18. The lowest BCUT2D eigenvalue weighted by Crippen LogP contribution is -2.67. The fourth-order valence-corrected chi connectivity index (χ4v) is 6.46. The topological polar surface area (TPSA) is 53.3 Å². The van der Waals surface area contributed by atoms with E-state index in [-0.39, 0.29) is 22.2 Å². The van der Waals surface area contributed by atoms with Crippen LogP contribution in [0.25, 0.3) is 0 Å². The van der Waals surface area contributed by atoms with Crippen LogP contribution >= 0.6 is 0 Å². The van der Waals surface area contributed by atoms with Gasteiger partial charge >= 0.3 is 0 Å². The molecule has 0 unspecified atom stereocenters. The van der Waals surface area contributed by atoms with Crippen molar-refractivity contribution in [3.8, 4) is 0 Å². The van der Waals surface area contributed by atoms with Crippen molar-refractivity contribution in [2.45, 2.75) is 141 Å². The Kier molecular flexibility index (Phi) is 7.68. The summed E-state index contributed by atoms with van der Waals surface area (Å²) >= 11 is 0. The third-order valence-corrected chi connectivity index (χ3v) is 6.65. The Bertz CT molecular complexity index is 425. The second-order valence-corrected chi connectivity index (χ2v) is 12.4. The minimum absolute atomic E-state index is 0.197. The molecule has 0 aromatic rings. The van der Waals surface area contributed by atoms with Gasteiger partial charge in [-0.25, -0.2) is 0 Å². The van der Waals surface area contributed by atoms with Crippen molar-refractivity contribution in [1.82, 2.24) is 15.5 Å². The van der Waals surface area contributed by atoms with Crippen molar-refractivity contribution < 1.29 is 0 Å². The van der Waals surface area contributed by atoms with Gasteiger partial charge in [0.15, 0.2) is 0 Å². The third kappa shape index (κ3) is 7.27. The summed E-state index contributed by atoms with van der Waals surface area (Å²) in [6.07, 6.45) is 10.0. The average Bonchev–Trinajstić information content (AvgIpc) is 2.44. The van der Waals surface area contributed by atoms with Crippen LogP contribution in [-0.4, -0.2) is 52.2 Å². The average molecular weight is 395 g/mol. The molecule has 0 atom stereocenters. The number of hydrogen-bond donors (Lipinski definition) is 3. The molecule has 0 radical (unpaired) electrons. The highest BCUT2D eigenvalue weighted by Crippen LogP contribution is 2.38. The predicted octanol–water partition coefficient (Wildman–Crippen LogP) is 4.43. The molecule has 0 aromatic carbocycles. The summed E-state index contributed by atoms with van der Waals surface area (Å²) in [5.74, 6) is 0. The lowest BCUT2D eigenvalue weighted by molar-refractivity contribution is -0.00297. The zero-order chi connectivity index (χ0) is 21.2. The molecule has 4 heteroatoms. The van der Waals surface area contributed by atoms with Crippen LogP contribution in [-0.2, 0) is 0 Å². The molecule has 2 aliphatic heterocycles. The molecule has 0 saturated carbocycles. The summed E-state index contributed by atoms with van der Waals surface area (Å²) in [6.45, 7) is 21.1. The molecule has 166 valence electrons. The normalized spacial score (nSPS) is 27.2. The number of rotatable bonds is 8. The van der Waals surface area contributed by atoms with Crippen LogP contribution in [0.5, 0.6) is 0 Å². The first-order valence-corrected chi connectivity index (χ1v) is 11.8. The minimum atomic E-state index is 0.197. The number of nitrogens with one attached hydrogen (secondary N) is 2. The Morgan fingerprint density at radius 3 is 1.36 bits per heavy atom. The Hall–Kier alpha value is -0.160. The van der Waals surface area contributed by atoms with Gasteiger partial charge in [-0.05, 0) is 107 Å². The summed E-state index contributed by atoms with van der Waals surface area (Å²) < 4.78 is 0. The van der Waals surface area contributed by atoms with E-state index >= 15 is 0 Å². The van der Waals surface area contributed by atoms with Crippen LogP contribution in [0.15, 0.2) is 0 Å². The first-order chi connectivity index (χ1) is 12.7. The van der Waals surface area contributed by atoms with E-state index in [1.54, 1.807) is 0 Å². The molecule has 0 bridgehead atoms. The first-order valence-electron chi connectivity index (χ1n) is 11.8. The van der Waals surface area contributed by atoms with Gasteiger partial charge in [0.05, 0.1) is 0 Å². The van der Waals surface area contributed by atoms with E-state index in [9.17, 15) is 0 Å². The molecular weight excluding hydrogens is 344 g/mol. The smallest absolute Gasteiger partial charge is 0.0145 e. The van der Waals surface area contributed by atoms with Gasteiger partial charge in [-0.2, -0.15) is 0 Å². The first kappa shape index (κ1) is 24.1. The molecule has 2 saturated heterocycles. The zero-order valence-electron chi connectivity index (χ0n) is 20.3. The lowest BCUT2D eigenvalue weighted by atomic mass is 9.75. The number of nitrogens with zero attached hydrogens (tertiary/aromatic N) is 1. The number of piperidine rings is 2. The fraction of sp³-hybridized carbons (Fsp3) is 1.00. The van der Waals surface area contributed by atoms with Crippen LogP contribution in [0.1, 0.15) is 107 Å². The molecule has 0 aliphatic carbocycles. The van der Waals surface area contributed by atoms with E-state index in [4.69, 9.17) is 5.73 Å². The molecular formula is C24H50N4. The number of hydrogen-bond acceptors (Lipinski definition) is 4. The molecule has 28 heavy (non-hydrogen) atoms. The summed E-state index contributed by atoms with van der Waals surface area (Å²) in [6, 6.07) is 1.32. The lowest BCUT2D eigenvalue weighted by Gasteiger charge is -2.55. The second kappa shape index (κ2) is 8.91. The van der Waals surface area contributed by atoms with Crippen LogP contribution < -0.4 is 16.4 Å². The van der Waals surface area contributed by atoms with Crippen LogP contribution in [0, 0.1) is 0 Å². The maximum absolute atomic E-state index is 5.70. The van der Waals surface area contributed by atoms with Crippen molar-refractivity contribution in [3.63, 3.8) is 0 Å². The largest absolute Gasteiger partial charge is 0.330 e. The van der Waals surface area contributed by atoms with E-state index in [0.717, 1.165) is 6.54 Å². The monoisotopic (exact) mass is 394 g/mol. The van der Waals surface area contributed by atoms with Crippen molar-refractivity contribution >= 4 is 0 Å². The third-order valence-electron chi connectivity index (χ3n) is 6.65. The maximum atomic E-state index is 5.70. The predicted molar refractivity (Wildman–Crippen MR) is 123 cm³/mol. The molecule has 4 nitrogen and oxygen atoms in total. The molecule has 0 amide bonds. The summed E-state index contributed by atoms with van der Waals surface area (Å²) in [4.78, 5) is 2.93. The summed E-state index contributed by atoms with van der Waals surface area (Å²) in [7, 11) is 0. The van der Waals surface area contributed by atoms with Crippen molar-refractivity contribution in [3.05, 3.63) is 0 Å². The highest BCUT2D eigenvalue weighted by molar-refractivity contribution is 5.05. The SMILES string of the molecule is CC1(C)CC(N(CCCCCCN)C2CC(C)(C)NC(C)(C)C2)CC(C)(C)N1. The van der Waals surface area contributed by atoms with Crippen LogP contribution in [0.3, 0.4) is 0 Å². The van der Waals surface area contributed by atoms with Gasteiger partial charge in [-0.3, -0.25) is 4.90 Å². The maximum Gasteiger partial charge on any atom is 0.0145 e. The highest BCUT2D eigenvalue weighted by Gasteiger charge is 2.45. The van der Waals surface area contributed by atoms with Gasteiger partial charge in [0, 0.05) is 34.2 Å². The van der Waals surface area contributed by atoms with E-state index < -0.39 is 0 Å². The number of unbranched alkanes of at least 4 members (excludes halogenated alkanes) is 3. The van der Waals surface area contributed by atoms with E-state index in [2.05, 4.69) is 70.9 Å². The Morgan fingerprint density at radius 2 is 1.00 bits per heavy atom. The van der Waals surface area contributed by atoms with Gasteiger partial charge in [-0.1, -0.05) is 12.8 Å². The van der Waals surface area contributed by atoms with E-state index in [0.29, 0.717) is 12.1 Å². The molecule has 4 N–H and O–H groups in total. The minimum Gasteiger partial charge on any atom is -0.330 e. The van der Waals surface area contributed by atoms with Crippen LogP contribution in [0.4, 0.5) is 0 Å². The Morgan fingerprint density at radius 1 is 0.643 bits per heavy atom. The van der Waals surface area contributed by atoms with Gasteiger partial charge in [0.25, 0.3) is 0 Å². The van der Waals surface area contributed by atoms with Gasteiger partial charge in [-0.15, -0.1) is 0 Å². The van der Waals surface area contributed by atoms with Crippen molar-refractivity contribution in [1.29, 1.82) is 0 Å². The molecule has 2 heterocycles. The molecule has 0 aromatic heterocycles. The van der Waals surface area contributed by atoms with Crippen LogP contribution in [0.2, 0.25) is 0 Å². The molecule has 2 fully saturated rings. The molecule has 2 rings (SSSR count).